The van der Waals surface area contributed by atoms with E-state index >= 15 is 0 Å². The Morgan fingerprint density at radius 1 is 1.30 bits per heavy atom. The number of nitrogens with zero attached hydrogens (tertiary/aromatic N) is 1. The van der Waals surface area contributed by atoms with E-state index in [1.165, 1.54) is 4.70 Å². The van der Waals surface area contributed by atoms with Gasteiger partial charge in [-0.15, -0.1) is 11.3 Å². The molecule has 20 heavy (non-hydrogen) atoms. The number of para-hydroxylation sites is 1. The molecular weight excluding hydrogens is 268 g/mol. The Morgan fingerprint density at radius 2 is 2.05 bits per heavy atom. The molecule has 0 bridgehead atoms. The average Bonchev–Trinajstić information content (AvgIpc) is 2.83. The van der Waals surface area contributed by atoms with Crippen molar-refractivity contribution in [3.8, 4) is 0 Å². The van der Waals surface area contributed by atoms with E-state index in [4.69, 9.17) is 4.74 Å². The van der Waals surface area contributed by atoms with Gasteiger partial charge in [-0.3, -0.25) is 0 Å². The van der Waals surface area contributed by atoms with Crippen LogP contribution in [0.25, 0.3) is 10.2 Å². The lowest BCUT2D eigenvalue weighted by Gasteiger charge is -2.27. The van der Waals surface area contributed by atoms with Gasteiger partial charge in [0.25, 0.3) is 0 Å². The van der Waals surface area contributed by atoms with E-state index in [-0.39, 0.29) is 11.2 Å². The predicted octanol–water partition coefficient (Wildman–Crippen LogP) is 3.73. The van der Waals surface area contributed by atoms with Crippen LogP contribution in [0, 0.1) is 0 Å². The zero-order chi connectivity index (χ0) is 14.4. The Morgan fingerprint density at radius 3 is 2.70 bits per heavy atom. The number of nitrogens with one attached hydrogen (secondary N) is 1. The van der Waals surface area contributed by atoms with Crippen LogP contribution in [0.4, 0.5) is 0 Å². The van der Waals surface area contributed by atoms with E-state index in [0.717, 1.165) is 23.5 Å². The van der Waals surface area contributed by atoms with Crippen molar-refractivity contribution in [2.24, 2.45) is 0 Å². The molecule has 1 fully saturated rings. The molecule has 0 spiro atoms. The molecular formula is C16H22N2OS. The second-order valence-corrected chi connectivity index (χ2v) is 7.79. The molecule has 0 amide bonds. The van der Waals surface area contributed by atoms with E-state index in [2.05, 4.69) is 56.2 Å². The zero-order valence-corrected chi connectivity index (χ0v) is 13.4. The minimum absolute atomic E-state index is 0.0469. The van der Waals surface area contributed by atoms with Crippen molar-refractivity contribution in [1.29, 1.82) is 0 Å². The molecule has 1 N–H and O–H groups in total. The first-order valence-electron chi connectivity index (χ1n) is 7.14. The van der Waals surface area contributed by atoms with Gasteiger partial charge >= 0.3 is 0 Å². The van der Waals surface area contributed by atoms with Gasteiger partial charge in [0, 0.05) is 12.6 Å². The van der Waals surface area contributed by atoms with Crippen molar-refractivity contribution in [1.82, 2.24) is 10.3 Å². The summed E-state index contributed by atoms with van der Waals surface area (Å²) in [5.41, 5.74) is 0.922. The molecule has 1 aliphatic rings. The van der Waals surface area contributed by atoms with E-state index in [1.54, 1.807) is 11.3 Å². The van der Waals surface area contributed by atoms with Gasteiger partial charge in [-0.1, -0.05) is 12.1 Å². The highest BCUT2D eigenvalue weighted by atomic mass is 32.1. The molecule has 108 valence electrons. The summed E-state index contributed by atoms with van der Waals surface area (Å²) in [5.74, 6) is 0. The van der Waals surface area contributed by atoms with Crippen molar-refractivity contribution in [2.75, 3.05) is 0 Å². The van der Waals surface area contributed by atoms with Crippen LogP contribution in [-0.2, 0) is 11.3 Å². The first kappa shape index (κ1) is 14.0. The van der Waals surface area contributed by atoms with Gasteiger partial charge < -0.3 is 10.1 Å². The summed E-state index contributed by atoms with van der Waals surface area (Å²) in [6.45, 7) is 9.46. The summed E-state index contributed by atoms with van der Waals surface area (Å²) < 4.78 is 7.37. The molecule has 0 radical (unpaired) electrons. The summed E-state index contributed by atoms with van der Waals surface area (Å²) >= 11 is 1.77. The van der Waals surface area contributed by atoms with Crippen LogP contribution < -0.4 is 5.32 Å². The number of fused-ring (bicyclic) bond motifs is 1. The van der Waals surface area contributed by atoms with Crippen LogP contribution in [0.3, 0.4) is 0 Å². The van der Waals surface area contributed by atoms with Gasteiger partial charge in [0.2, 0.25) is 0 Å². The van der Waals surface area contributed by atoms with Crippen molar-refractivity contribution in [3.63, 3.8) is 0 Å². The minimum Gasteiger partial charge on any atom is -0.368 e. The topological polar surface area (TPSA) is 34.2 Å². The molecule has 1 unspecified atom stereocenters. The molecule has 2 heterocycles. The second-order valence-electron chi connectivity index (χ2n) is 6.68. The smallest absolute Gasteiger partial charge is 0.108 e. The largest absolute Gasteiger partial charge is 0.368 e. The van der Waals surface area contributed by atoms with Gasteiger partial charge in [-0.2, -0.15) is 0 Å². The monoisotopic (exact) mass is 290 g/mol. The summed E-state index contributed by atoms with van der Waals surface area (Å²) in [6, 6.07) is 8.66. The number of aromatic nitrogens is 1. The normalized spacial score (nSPS) is 24.3. The number of ether oxygens (including phenoxy) is 1. The maximum Gasteiger partial charge on any atom is 0.108 e. The first-order chi connectivity index (χ1) is 9.36. The molecule has 0 aliphatic carbocycles. The van der Waals surface area contributed by atoms with Crippen molar-refractivity contribution in [3.05, 3.63) is 29.3 Å². The molecule has 3 rings (SSSR count). The fourth-order valence-electron chi connectivity index (χ4n) is 3.09. The van der Waals surface area contributed by atoms with Crippen LogP contribution in [-0.4, -0.2) is 22.2 Å². The quantitative estimate of drug-likeness (QED) is 0.935. The maximum absolute atomic E-state index is 6.12. The summed E-state index contributed by atoms with van der Waals surface area (Å²) in [7, 11) is 0. The lowest BCUT2D eigenvalue weighted by molar-refractivity contribution is -0.0699. The molecule has 1 aromatic carbocycles. The zero-order valence-electron chi connectivity index (χ0n) is 12.6. The molecule has 1 aliphatic heterocycles. The Labute approximate surface area is 124 Å². The maximum atomic E-state index is 6.12. The van der Waals surface area contributed by atoms with E-state index in [0.29, 0.717) is 6.04 Å². The lowest BCUT2D eigenvalue weighted by atomic mass is 9.94. The summed E-state index contributed by atoms with van der Waals surface area (Å²) in [5, 5.41) is 4.77. The fourth-order valence-corrected chi connectivity index (χ4v) is 4.00. The summed E-state index contributed by atoms with van der Waals surface area (Å²) in [4.78, 5) is 4.67. The molecule has 0 saturated carbocycles. The minimum atomic E-state index is -0.125. The van der Waals surface area contributed by atoms with Crippen LogP contribution in [0.5, 0.6) is 0 Å². The third-order valence-corrected chi connectivity index (χ3v) is 4.95. The average molecular weight is 290 g/mol. The lowest BCUT2D eigenvalue weighted by Crippen LogP contribution is -2.42. The van der Waals surface area contributed by atoms with Crippen LogP contribution in [0.15, 0.2) is 24.3 Å². The fraction of sp³-hybridized carbons (Fsp3) is 0.562. The van der Waals surface area contributed by atoms with Crippen LogP contribution in [0.2, 0.25) is 0 Å². The molecule has 1 saturated heterocycles. The number of rotatable bonds is 3. The third kappa shape index (κ3) is 2.73. The Bertz CT molecular complexity index is 585. The molecule has 1 atom stereocenters. The van der Waals surface area contributed by atoms with Crippen molar-refractivity contribution < 1.29 is 4.74 Å². The van der Waals surface area contributed by atoms with Gasteiger partial charge in [-0.05, 0) is 46.2 Å². The van der Waals surface area contributed by atoms with E-state index in [9.17, 15) is 0 Å². The first-order valence-corrected chi connectivity index (χ1v) is 7.95. The highest BCUT2D eigenvalue weighted by molar-refractivity contribution is 7.18. The number of benzene rings is 1. The van der Waals surface area contributed by atoms with Gasteiger partial charge in [0.1, 0.15) is 5.01 Å². The Hall–Kier alpha value is -0.970. The van der Waals surface area contributed by atoms with Gasteiger partial charge in [0.05, 0.1) is 21.4 Å². The Balaban J connectivity index is 1.70. The van der Waals surface area contributed by atoms with Crippen LogP contribution in [0.1, 0.15) is 39.1 Å². The van der Waals surface area contributed by atoms with Crippen molar-refractivity contribution in [2.45, 2.75) is 57.9 Å². The Kier molecular flexibility index (Phi) is 3.35. The SMILES string of the molecule is CC1(C)CC(NCc2nc3ccccc3s2)C(C)(C)O1. The second kappa shape index (κ2) is 4.79. The van der Waals surface area contributed by atoms with Crippen LogP contribution >= 0.6 is 11.3 Å². The number of hydrogen-bond acceptors (Lipinski definition) is 4. The standard InChI is InChI=1S/C16H22N2OS/c1-15(2)9-13(16(3,4)19-15)17-10-14-18-11-7-5-6-8-12(11)20-14/h5-8,13,17H,9-10H2,1-4H3. The molecule has 3 nitrogen and oxygen atoms in total. The summed E-state index contributed by atoms with van der Waals surface area (Å²) in [6.07, 6.45) is 1.03. The molecule has 4 heteroatoms. The predicted molar refractivity (Wildman–Crippen MR) is 84.1 cm³/mol. The van der Waals surface area contributed by atoms with Gasteiger partial charge in [0.15, 0.2) is 0 Å². The molecule has 2 aromatic rings. The highest BCUT2D eigenvalue weighted by Crippen LogP contribution is 2.37. The third-order valence-electron chi connectivity index (χ3n) is 3.91. The number of hydrogen-bond donors (Lipinski definition) is 1. The van der Waals surface area contributed by atoms with Gasteiger partial charge in [-0.25, -0.2) is 4.98 Å². The number of thiazole rings is 1. The highest BCUT2D eigenvalue weighted by Gasteiger charge is 2.45. The molecule has 1 aromatic heterocycles. The van der Waals surface area contributed by atoms with Crippen molar-refractivity contribution >= 4 is 21.6 Å². The van der Waals surface area contributed by atoms with E-state index < -0.39 is 0 Å². The van der Waals surface area contributed by atoms with E-state index in [1.807, 2.05) is 6.07 Å².